The molecule has 204 valence electrons. The van der Waals surface area contributed by atoms with Gasteiger partial charge in [-0.2, -0.15) is 14.7 Å². The minimum Gasteiger partial charge on any atom is -0.492 e. The van der Waals surface area contributed by atoms with Gasteiger partial charge in [0.05, 0.1) is 11.4 Å². The normalized spacial score (nSPS) is 11.4. The molecule has 0 unspecified atom stereocenters. The number of hydrogen-bond acceptors (Lipinski definition) is 10. The van der Waals surface area contributed by atoms with E-state index in [2.05, 4.69) is 36.2 Å². The molecule has 0 aliphatic carbocycles. The monoisotopic (exact) mass is 548 g/mol. The molecule has 0 saturated carbocycles. The predicted molar refractivity (Wildman–Crippen MR) is 154 cm³/mol. The summed E-state index contributed by atoms with van der Waals surface area (Å²) in [5.74, 6) is -0.723. The Balaban J connectivity index is 1.55. The number of nitrogen functional groups attached to an aromatic ring is 1. The highest BCUT2D eigenvalue weighted by molar-refractivity contribution is 5.89. The SMILES string of the molecule is CC(=O)Nc1ccc(N=Nc2c(-c3ccccc3)nc3c(N=Nc4ccc(NC(C)=O)cc4)c(N)nn3c2O)cc1. The van der Waals surface area contributed by atoms with Crippen molar-refractivity contribution in [2.45, 2.75) is 13.8 Å². The summed E-state index contributed by atoms with van der Waals surface area (Å²) in [6, 6.07) is 22.6. The van der Waals surface area contributed by atoms with Crippen molar-refractivity contribution in [3.05, 3.63) is 78.9 Å². The second kappa shape index (κ2) is 11.4. The second-order valence-electron chi connectivity index (χ2n) is 8.82. The summed E-state index contributed by atoms with van der Waals surface area (Å²) in [7, 11) is 0. The second-order valence-corrected chi connectivity index (χ2v) is 8.82. The first-order valence-corrected chi connectivity index (χ1v) is 12.3. The minimum atomic E-state index is -0.347. The highest BCUT2D eigenvalue weighted by Crippen LogP contribution is 2.41. The van der Waals surface area contributed by atoms with Crippen LogP contribution < -0.4 is 16.4 Å². The van der Waals surface area contributed by atoms with Crippen molar-refractivity contribution in [3.63, 3.8) is 0 Å². The van der Waals surface area contributed by atoms with E-state index in [1.807, 2.05) is 30.3 Å². The highest BCUT2D eigenvalue weighted by atomic mass is 16.3. The number of rotatable bonds is 7. The molecule has 13 heteroatoms. The lowest BCUT2D eigenvalue weighted by molar-refractivity contribution is -0.115. The molecule has 0 bridgehead atoms. The molecule has 41 heavy (non-hydrogen) atoms. The Morgan fingerprint density at radius 2 is 1.27 bits per heavy atom. The molecule has 2 amide bonds. The van der Waals surface area contributed by atoms with Crippen LogP contribution >= 0.6 is 0 Å². The number of benzene rings is 3. The van der Waals surface area contributed by atoms with Gasteiger partial charge in [0.1, 0.15) is 5.69 Å². The van der Waals surface area contributed by atoms with Gasteiger partial charge in [0.25, 0.3) is 0 Å². The maximum Gasteiger partial charge on any atom is 0.245 e. The fourth-order valence-electron chi connectivity index (χ4n) is 3.86. The van der Waals surface area contributed by atoms with Crippen molar-refractivity contribution in [1.29, 1.82) is 0 Å². The van der Waals surface area contributed by atoms with Crippen LogP contribution in [0.15, 0.2) is 99.3 Å². The summed E-state index contributed by atoms with van der Waals surface area (Å²) in [6.07, 6.45) is 0. The van der Waals surface area contributed by atoms with Gasteiger partial charge >= 0.3 is 0 Å². The first-order chi connectivity index (χ1) is 19.8. The van der Waals surface area contributed by atoms with E-state index in [1.165, 1.54) is 13.8 Å². The molecule has 0 fully saturated rings. The average Bonchev–Trinajstić information content (AvgIpc) is 3.28. The molecule has 5 N–H and O–H groups in total. The van der Waals surface area contributed by atoms with Gasteiger partial charge in [-0.05, 0) is 48.5 Å². The number of nitrogens with zero attached hydrogens (tertiary/aromatic N) is 7. The van der Waals surface area contributed by atoms with Crippen LogP contribution in [-0.4, -0.2) is 31.5 Å². The van der Waals surface area contributed by atoms with Crippen molar-refractivity contribution in [3.8, 4) is 17.1 Å². The van der Waals surface area contributed by atoms with E-state index >= 15 is 0 Å². The summed E-state index contributed by atoms with van der Waals surface area (Å²) in [5, 5.41) is 37.8. The molecule has 3 aromatic carbocycles. The Hall–Kier alpha value is -5.98. The van der Waals surface area contributed by atoms with Gasteiger partial charge in [0, 0.05) is 30.8 Å². The number of fused-ring (bicyclic) bond motifs is 1. The zero-order chi connectivity index (χ0) is 28.9. The molecule has 2 aromatic heterocycles. The van der Waals surface area contributed by atoms with Crippen LogP contribution in [0.3, 0.4) is 0 Å². The van der Waals surface area contributed by atoms with Gasteiger partial charge < -0.3 is 21.5 Å². The van der Waals surface area contributed by atoms with E-state index < -0.39 is 0 Å². The molecule has 13 nitrogen and oxygen atoms in total. The number of anilines is 3. The zero-order valence-electron chi connectivity index (χ0n) is 22.0. The van der Waals surface area contributed by atoms with Crippen LogP contribution in [0.1, 0.15) is 13.8 Å². The molecular formula is C28H24N10O3. The molecule has 5 rings (SSSR count). The molecule has 0 saturated heterocycles. The van der Waals surface area contributed by atoms with E-state index in [4.69, 9.17) is 10.7 Å². The summed E-state index contributed by atoms with van der Waals surface area (Å²) in [6.45, 7) is 2.85. The Bertz CT molecular complexity index is 1800. The van der Waals surface area contributed by atoms with Gasteiger partial charge in [-0.15, -0.1) is 15.3 Å². The summed E-state index contributed by atoms with van der Waals surface area (Å²) < 4.78 is 1.13. The Kier molecular flexibility index (Phi) is 7.41. The van der Waals surface area contributed by atoms with Crippen molar-refractivity contribution >= 4 is 57.4 Å². The van der Waals surface area contributed by atoms with Crippen molar-refractivity contribution < 1.29 is 14.7 Å². The number of carbonyl (C=O) groups excluding carboxylic acids is 2. The lowest BCUT2D eigenvalue weighted by Gasteiger charge is -2.08. The standard InChI is InChI=1S/C28H24N10O3/c1-16(39)30-19-8-12-21(13-9-19)33-35-24-23(18-6-4-3-5-7-18)32-27-25(26(29)37-38(27)28(24)41)36-34-22-14-10-20(11-15-22)31-17(2)40/h3-15,41H,1-2H3,(H2,29,37)(H,30,39)(H,31,40). The molecule has 0 aliphatic heterocycles. The van der Waals surface area contributed by atoms with E-state index in [0.29, 0.717) is 34.0 Å². The number of amides is 2. The third-order valence-corrected chi connectivity index (χ3v) is 5.67. The number of carbonyl (C=O) groups is 2. The quantitative estimate of drug-likeness (QED) is 0.170. The number of aromatic nitrogens is 3. The Morgan fingerprint density at radius 1 is 0.756 bits per heavy atom. The largest absolute Gasteiger partial charge is 0.492 e. The molecule has 0 aliphatic rings. The van der Waals surface area contributed by atoms with E-state index in [9.17, 15) is 14.7 Å². The van der Waals surface area contributed by atoms with Crippen molar-refractivity contribution in [2.75, 3.05) is 16.4 Å². The predicted octanol–water partition coefficient (Wildman–Crippen LogP) is 6.43. The van der Waals surface area contributed by atoms with Crippen LogP contribution in [0.5, 0.6) is 5.88 Å². The first-order valence-electron chi connectivity index (χ1n) is 12.3. The summed E-state index contributed by atoms with van der Waals surface area (Å²) in [4.78, 5) is 27.2. The lowest BCUT2D eigenvalue weighted by Crippen LogP contribution is -2.04. The van der Waals surface area contributed by atoms with Gasteiger partial charge in [0.15, 0.2) is 22.8 Å². The highest BCUT2D eigenvalue weighted by Gasteiger charge is 2.22. The van der Waals surface area contributed by atoms with Crippen LogP contribution in [-0.2, 0) is 9.59 Å². The van der Waals surface area contributed by atoms with E-state index in [1.54, 1.807) is 48.5 Å². The van der Waals surface area contributed by atoms with E-state index in [0.717, 1.165) is 4.52 Å². The maximum absolute atomic E-state index is 11.3. The topological polar surface area (TPSA) is 184 Å². The third kappa shape index (κ3) is 6.04. The Labute approximate surface area is 233 Å². The number of hydrogen-bond donors (Lipinski definition) is 4. The summed E-state index contributed by atoms with van der Waals surface area (Å²) in [5.41, 5.74) is 9.74. The zero-order valence-corrected chi connectivity index (χ0v) is 22.0. The average molecular weight is 549 g/mol. The minimum absolute atomic E-state index is 0.00641. The fourth-order valence-corrected chi connectivity index (χ4v) is 3.86. The van der Waals surface area contributed by atoms with Crippen LogP contribution in [0.25, 0.3) is 16.9 Å². The molecule has 0 spiro atoms. The van der Waals surface area contributed by atoms with E-state index in [-0.39, 0.29) is 40.5 Å². The van der Waals surface area contributed by atoms with Gasteiger partial charge in [-0.1, -0.05) is 30.3 Å². The maximum atomic E-state index is 11.3. The number of aromatic hydroxyl groups is 1. The van der Waals surface area contributed by atoms with Crippen LogP contribution in [0.4, 0.5) is 39.9 Å². The smallest absolute Gasteiger partial charge is 0.245 e. The van der Waals surface area contributed by atoms with Crippen LogP contribution in [0.2, 0.25) is 0 Å². The molecule has 2 heterocycles. The molecule has 5 aromatic rings. The van der Waals surface area contributed by atoms with Gasteiger partial charge in [0.2, 0.25) is 17.7 Å². The third-order valence-electron chi connectivity index (χ3n) is 5.67. The number of azo groups is 2. The van der Waals surface area contributed by atoms with Crippen molar-refractivity contribution in [2.24, 2.45) is 20.5 Å². The van der Waals surface area contributed by atoms with Gasteiger partial charge in [-0.3, -0.25) is 9.59 Å². The lowest BCUT2D eigenvalue weighted by atomic mass is 10.1. The van der Waals surface area contributed by atoms with Gasteiger partial charge in [-0.25, -0.2) is 4.98 Å². The number of nitrogens with one attached hydrogen (secondary N) is 2. The molecular weight excluding hydrogens is 524 g/mol. The number of nitrogens with two attached hydrogens (primary N) is 1. The van der Waals surface area contributed by atoms with Crippen molar-refractivity contribution in [1.82, 2.24) is 14.6 Å². The van der Waals surface area contributed by atoms with Crippen LogP contribution in [0, 0.1) is 0 Å². The molecule has 0 atom stereocenters. The first kappa shape index (κ1) is 26.6. The molecule has 0 radical (unpaired) electrons. The summed E-state index contributed by atoms with van der Waals surface area (Å²) >= 11 is 0. The Morgan fingerprint density at radius 3 is 1.78 bits per heavy atom. The fraction of sp³-hybridized carbons (Fsp3) is 0.0714.